The molecule has 0 aliphatic carbocycles. The van der Waals surface area contributed by atoms with E-state index in [1.807, 2.05) is 89.0 Å². The first-order valence-corrected chi connectivity index (χ1v) is 19.4. The van der Waals surface area contributed by atoms with E-state index in [1.54, 1.807) is 28.1 Å². The molecule has 1 saturated heterocycles. The summed E-state index contributed by atoms with van der Waals surface area (Å²) in [7, 11) is 8.84. The fourth-order valence-electron chi connectivity index (χ4n) is 8.14. The van der Waals surface area contributed by atoms with Gasteiger partial charge in [-0.3, -0.25) is 24.2 Å². The van der Waals surface area contributed by atoms with Gasteiger partial charge in [0, 0.05) is 33.4 Å². The molecule has 1 unspecified atom stereocenters. The van der Waals surface area contributed by atoms with Gasteiger partial charge in [0.1, 0.15) is 11.8 Å². The third-order valence-electron chi connectivity index (χ3n) is 11.5. The number of ether oxygens (including phenoxy) is 2. The molecule has 3 N–H and O–H groups in total. The zero-order valence-corrected chi connectivity index (χ0v) is 34.8. The number of carbonyl (C=O) groups is 4. The zero-order valence-electron chi connectivity index (χ0n) is 34.8. The van der Waals surface area contributed by atoms with Crippen LogP contribution in [0.1, 0.15) is 92.7 Å². The van der Waals surface area contributed by atoms with Crippen molar-refractivity contribution >= 4 is 24.0 Å². The van der Waals surface area contributed by atoms with Crippen LogP contribution >= 0.6 is 0 Å². The third-order valence-corrected chi connectivity index (χ3v) is 11.5. The number of aldehydes is 1. The van der Waals surface area contributed by atoms with E-state index >= 15 is 0 Å². The number of aliphatic hydroxyl groups is 1. The molecule has 12 nitrogen and oxygen atoms in total. The van der Waals surface area contributed by atoms with Crippen molar-refractivity contribution in [1.29, 1.82) is 0 Å². The van der Waals surface area contributed by atoms with Crippen molar-refractivity contribution in [2.24, 2.45) is 23.7 Å². The number of carbonyl (C=O) groups excluding carboxylic acids is 4. The first-order chi connectivity index (χ1) is 24.9. The smallest absolute Gasteiger partial charge is 0.238 e. The SMILES string of the molecule is CCC(C)[C@@H]([C@@H](CC(=O)N1CCC[C@H]1[C@H](OC)[C@@H](C)C(=O)N[C@H](C)[C@@H](O)c1ccccc1)OC)N(C)C[C@](C=O)(NC(=O)[C@H](C(C)C)N(C)C)C(C)C. The second-order valence-corrected chi connectivity index (χ2v) is 16.2. The maximum Gasteiger partial charge on any atom is 0.238 e. The molecule has 3 amide bonds. The van der Waals surface area contributed by atoms with Crippen LogP contribution in [0.25, 0.3) is 0 Å². The van der Waals surface area contributed by atoms with E-state index in [0.717, 1.165) is 19.1 Å². The summed E-state index contributed by atoms with van der Waals surface area (Å²) in [6.07, 6.45) is 1.30. The average molecular weight is 746 g/mol. The van der Waals surface area contributed by atoms with Crippen LogP contribution in [-0.2, 0) is 28.7 Å². The van der Waals surface area contributed by atoms with Crippen LogP contribution in [0, 0.1) is 23.7 Å². The summed E-state index contributed by atoms with van der Waals surface area (Å²) in [5.74, 6) is -1.21. The van der Waals surface area contributed by atoms with Gasteiger partial charge in [-0.25, -0.2) is 0 Å². The highest BCUT2D eigenvalue weighted by Crippen LogP contribution is 2.30. The number of hydrogen-bond donors (Lipinski definition) is 3. The molecule has 2 rings (SSSR count). The number of nitrogens with one attached hydrogen (secondary N) is 2. The van der Waals surface area contributed by atoms with E-state index in [9.17, 15) is 24.3 Å². The highest BCUT2D eigenvalue weighted by molar-refractivity contribution is 5.86. The number of nitrogens with zero attached hydrogens (tertiary/aromatic N) is 3. The Morgan fingerprint density at radius 2 is 1.62 bits per heavy atom. The van der Waals surface area contributed by atoms with E-state index in [0.29, 0.717) is 18.5 Å². The van der Waals surface area contributed by atoms with Crippen molar-refractivity contribution in [2.45, 2.75) is 129 Å². The van der Waals surface area contributed by atoms with Crippen LogP contribution in [-0.4, -0.2) is 134 Å². The largest absolute Gasteiger partial charge is 0.386 e. The fraction of sp³-hybridized carbons (Fsp3) is 0.756. The molecule has 1 aliphatic heterocycles. The Kier molecular flexibility index (Phi) is 18.6. The Bertz CT molecular complexity index is 1290. The minimum absolute atomic E-state index is 0.0385. The molecule has 1 aliphatic rings. The maximum absolute atomic E-state index is 14.2. The predicted octanol–water partition coefficient (Wildman–Crippen LogP) is 3.91. The maximum atomic E-state index is 14.2. The van der Waals surface area contributed by atoms with Gasteiger partial charge in [0.25, 0.3) is 0 Å². The van der Waals surface area contributed by atoms with Gasteiger partial charge in [0.15, 0.2) is 0 Å². The molecule has 0 saturated carbocycles. The Labute approximate surface area is 319 Å². The van der Waals surface area contributed by atoms with Gasteiger partial charge in [-0.1, -0.05) is 85.2 Å². The third kappa shape index (κ3) is 11.8. The average Bonchev–Trinajstić information content (AvgIpc) is 3.60. The van der Waals surface area contributed by atoms with Crippen molar-refractivity contribution in [3.05, 3.63) is 35.9 Å². The van der Waals surface area contributed by atoms with Gasteiger partial charge < -0.3 is 34.9 Å². The summed E-state index contributed by atoms with van der Waals surface area (Å²) >= 11 is 0. The second-order valence-electron chi connectivity index (χ2n) is 16.2. The molecule has 0 aromatic heterocycles. The molecule has 1 aromatic rings. The zero-order chi connectivity index (χ0) is 40.2. The summed E-state index contributed by atoms with van der Waals surface area (Å²) in [6, 6.07) is 7.70. The van der Waals surface area contributed by atoms with E-state index in [1.165, 1.54) is 0 Å². The normalized spacial score (nSPS) is 20.7. The van der Waals surface area contributed by atoms with Crippen molar-refractivity contribution in [2.75, 3.05) is 48.5 Å². The van der Waals surface area contributed by atoms with Gasteiger partial charge >= 0.3 is 0 Å². The Balaban J connectivity index is 2.28. The molecule has 1 aromatic carbocycles. The van der Waals surface area contributed by atoms with Gasteiger partial charge in [-0.15, -0.1) is 0 Å². The Morgan fingerprint density at radius 3 is 2.11 bits per heavy atom. The summed E-state index contributed by atoms with van der Waals surface area (Å²) in [4.78, 5) is 60.0. The van der Waals surface area contributed by atoms with Crippen molar-refractivity contribution in [1.82, 2.24) is 25.3 Å². The predicted molar refractivity (Wildman–Crippen MR) is 209 cm³/mol. The van der Waals surface area contributed by atoms with E-state index in [-0.39, 0.29) is 60.5 Å². The monoisotopic (exact) mass is 746 g/mol. The lowest BCUT2D eigenvalue weighted by molar-refractivity contribution is -0.143. The lowest BCUT2D eigenvalue weighted by Crippen LogP contribution is -2.65. The highest BCUT2D eigenvalue weighted by atomic mass is 16.5. The van der Waals surface area contributed by atoms with Gasteiger partial charge in [0.05, 0.1) is 48.8 Å². The lowest BCUT2D eigenvalue weighted by atomic mass is 9.84. The first-order valence-electron chi connectivity index (χ1n) is 19.4. The van der Waals surface area contributed by atoms with Crippen LogP contribution in [0.4, 0.5) is 0 Å². The molecular formula is C41H71N5O7. The minimum atomic E-state index is -1.17. The fourth-order valence-corrected chi connectivity index (χ4v) is 8.14. The van der Waals surface area contributed by atoms with Gasteiger partial charge in [0.2, 0.25) is 17.7 Å². The standard InChI is InChI=1S/C41H71N5O7/c1-14-28(6)36(45(11)24-41(25-47,27(4)5)43-40(51)35(26(2)3)44(9)10)33(52-12)23-34(48)46-22-18-21-32(46)38(53-13)29(7)39(50)42-30(8)37(49)31-19-16-15-17-20-31/h15-17,19-20,25-30,32-33,35-38,49H,14,18,21-24H2,1-13H3,(H,42,50)(H,43,51)/t28?,29-,30-,32+,33-,35+,36+,37-,38-,41-/m1/s1. The van der Waals surface area contributed by atoms with Crippen molar-refractivity contribution in [3.8, 4) is 0 Å². The number of methoxy groups -OCH3 is 2. The lowest BCUT2D eigenvalue weighted by Gasteiger charge is -2.44. The number of hydrogen-bond acceptors (Lipinski definition) is 9. The molecule has 302 valence electrons. The number of benzene rings is 1. The minimum Gasteiger partial charge on any atom is -0.386 e. The molecule has 10 atom stereocenters. The number of aliphatic hydroxyl groups excluding tert-OH is 1. The highest BCUT2D eigenvalue weighted by Gasteiger charge is 2.44. The summed E-state index contributed by atoms with van der Waals surface area (Å²) in [5.41, 5.74) is -0.451. The van der Waals surface area contributed by atoms with Crippen LogP contribution < -0.4 is 10.6 Å². The summed E-state index contributed by atoms with van der Waals surface area (Å²) in [5, 5.41) is 16.9. The van der Waals surface area contributed by atoms with E-state index in [2.05, 4.69) is 29.4 Å². The molecule has 0 bridgehead atoms. The molecule has 0 radical (unpaired) electrons. The number of rotatable bonds is 22. The van der Waals surface area contributed by atoms with Gasteiger partial charge in [-0.2, -0.15) is 0 Å². The first kappa shape index (κ1) is 46.3. The second kappa shape index (κ2) is 21.3. The summed E-state index contributed by atoms with van der Waals surface area (Å²) in [6.45, 7) is 16.4. The molecule has 1 fully saturated rings. The van der Waals surface area contributed by atoms with Crippen LogP contribution in [0.3, 0.4) is 0 Å². The molecule has 1 heterocycles. The Hall–Kier alpha value is -2.90. The van der Waals surface area contributed by atoms with Crippen LogP contribution in [0.2, 0.25) is 0 Å². The topological polar surface area (TPSA) is 141 Å². The van der Waals surface area contributed by atoms with Gasteiger partial charge in [-0.05, 0) is 64.2 Å². The quantitative estimate of drug-likeness (QED) is 0.151. The van der Waals surface area contributed by atoms with E-state index in [4.69, 9.17) is 9.47 Å². The Morgan fingerprint density at radius 1 is 1.00 bits per heavy atom. The van der Waals surface area contributed by atoms with Crippen molar-refractivity contribution < 1.29 is 33.8 Å². The van der Waals surface area contributed by atoms with Crippen LogP contribution in [0.15, 0.2) is 30.3 Å². The number of likely N-dealkylation sites (N-methyl/N-ethyl adjacent to an activating group) is 2. The number of likely N-dealkylation sites (tertiary alicyclic amines) is 1. The van der Waals surface area contributed by atoms with Crippen molar-refractivity contribution in [3.63, 3.8) is 0 Å². The molecule has 0 spiro atoms. The van der Waals surface area contributed by atoms with E-state index < -0.39 is 41.9 Å². The molecule has 53 heavy (non-hydrogen) atoms. The molecule has 12 heteroatoms. The molecular weight excluding hydrogens is 674 g/mol. The summed E-state index contributed by atoms with van der Waals surface area (Å²) < 4.78 is 12.0. The number of amides is 3. The van der Waals surface area contributed by atoms with Crippen LogP contribution in [0.5, 0.6) is 0 Å².